The summed E-state index contributed by atoms with van der Waals surface area (Å²) in [4.78, 5) is 0. The lowest BCUT2D eigenvalue weighted by Gasteiger charge is -2.23. The summed E-state index contributed by atoms with van der Waals surface area (Å²) in [6.45, 7) is 9.02. The Morgan fingerprint density at radius 2 is 1.95 bits per heavy atom. The molecule has 0 radical (unpaired) electrons. The topological polar surface area (TPSA) is 47.3 Å². The fourth-order valence-corrected chi connectivity index (χ4v) is 3.11. The van der Waals surface area contributed by atoms with Gasteiger partial charge in [-0.2, -0.15) is 5.10 Å². The second-order valence-corrected chi connectivity index (χ2v) is 5.68. The Hall–Kier alpha value is -0.870. The van der Waals surface area contributed by atoms with Crippen LogP contribution < -0.4 is 0 Å². The largest absolute Gasteiger partial charge is 0.388 e. The minimum atomic E-state index is -0.372. The molecule has 1 aliphatic rings. The molecule has 0 aromatic carbocycles. The van der Waals surface area contributed by atoms with E-state index >= 15 is 0 Å². The molecule has 114 valence electrons. The van der Waals surface area contributed by atoms with Gasteiger partial charge in [-0.3, -0.25) is 4.68 Å². The van der Waals surface area contributed by atoms with E-state index in [1.165, 1.54) is 5.69 Å². The molecule has 0 bridgehead atoms. The molecule has 1 aromatic heterocycles. The Labute approximate surface area is 122 Å². The molecule has 1 unspecified atom stereocenters. The average molecular weight is 280 g/mol. The van der Waals surface area contributed by atoms with Crippen LogP contribution in [0.25, 0.3) is 0 Å². The summed E-state index contributed by atoms with van der Waals surface area (Å²) < 4.78 is 7.59. The Kier molecular flexibility index (Phi) is 5.61. The van der Waals surface area contributed by atoms with Crippen molar-refractivity contribution in [1.82, 2.24) is 9.78 Å². The van der Waals surface area contributed by atoms with Gasteiger partial charge in [0.2, 0.25) is 0 Å². The Bertz CT molecular complexity index is 422. The molecule has 2 heterocycles. The molecule has 1 aliphatic heterocycles. The summed E-state index contributed by atoms with van der Waals surface area (Å²) in [5.41, 5.74) is 3.38. The molecule has 1 N–H and O–H groups in total. The molecule has 1 saturated heterocycles. The molecule has 4 nitrogen and oxygen atoms in total. The van der Waals surface area contributed by atoms with Gasteiger partial charge in [-0.25, -0.2) is 0 Å². The van der Waals surface area contributed by atoms with Gasteiger partial charge in [0.15, 0.2) is 0 Å². The van der Waals surface area contributed by atoms with Gasteiger partial charge >= 0.3 is 0 Å². The average Bonchev–Trinajstić information content (AvgIpc) is 2.85. The highest BCUT2D eigenvalue weighted by Gasteiger charge is 2.23. The Balaban J connectivity index is 2.25. The number of aromatic nitrogens is 2. The Morgan fingerprint density at radius 1 is 1.25 bits per heavy atom. The van der Waals surface area contributed by atoms with Crippen molar-refractivity contribution in [2.45, 2.75) is 65.5 Å². The number of rotatable bonds is 6. The predicted octanol–water partition coefficient (Wildman–Crippen LogP) is 2.88. The van der Waals surface area contributed by atoms with Crippen molar-refractivity contribution in [3.63, 3.8) is 0 Å². The van der Waals surface area contributed by atoms with E-state index < -0.39 is 0 Å². The van der Waals surface area contributed by atoms with Gasteiger partial charge in [0.25, 0.3) is 0 Å². The normalized spacial score (nSPS) is 18.4. The number of hydrogen-bond acceptors (Lipinski definition) is 3. The van der Waals surface area contributed by atoms with Crippen LogP contribution in [-0.2, 0) is 24.1 Å². The highest BCUT2D eigenvalue weighted by Crippen LogP contribution is 2.27. The third-order valence-corrected chi connectivity index (χ3v) is 4.34. The predicted molar refractivity (Wildman–Crippen MR) is 79.8 cm³/mol. The fourth-order valence-electron chi connectivity index (χ4n) is 3.11. The first-order valence-corrected chi connectivity index (χ1v) is 8.05. The fraction of sp³-hybridized carbons (Fsp3) is 0.812. The standard InChI is InChI=1S/C16H28N2O2/c1-4-13-16(15(19)6-3)14(5-2)18(17-13)11-12-7-9-20-10-8-12/h12,15,19H,4-11H2,1-3H3. The summed E-state index contributed by atoms with van der Waals surface area (Å²) in [7, 11) is 0. The van der Waals surface area contributed by atoms with Crippen LogP contribution in [0.5, 0.6) is 0 Å². The number of ether oxygens (including phenoxy) is 1. The summed E-state index contributed by atoms with van der Waals surface area (Å²) in [5, 5.41) is 15.1. The minimum Gasteiger partial charge on any atom is -0.388 e. The molecular formula is C16H28N2O2. The van der Waals surface area contributed by atoms with Gasteiger partial charge in [-0.15, -0.1) is 0 Å². The van der Waals surface area contributed by atoms with Crippen molar-refractivity contribution in [2.75, 3.05) is 13.2 Å². The van der Waals surface area contributed by atoms with Crippen LogP contribution in [0.4, 0.5) is 0 Å². The monoisotopic (exact) mass is 280 g/mol. The molecule has 0 amide bonds. The molecular weight excluding hydrogens is 252 g/mol. The number of aliphatic hydroxyl groups excluding tert-OH is 1. The van der Waals surface area contributed by atoms with Crippen LogP contribution in [0.1, 0.15) is 63.1 Å². The van der Waals surface area contributed by atoms with Gasteiger partial charge in [-0.05, 0) is 38.0 Å². The quantitative estimate of drug-likeness (QED) is 0.871. The van der Waals surface area contributed by atoms with Crippen LogP contribution in [0, 0.1) is 5.92 Å². The third-order valence-electron chi connectivity index (χ3n) is 4.34. The molecule has 1 atom stereocenters. The van der Waals surface area contributed by atoms with E-state index in [4.69, 9.17) is 9.84 Å². The van der Waals surface area contributed by atoms with Gasteiger partial charge in [0, 0.05) is 31.0 Å². The van der Waals surface area contributed by atoms with E-state index in [0.717, 1.165) is 63.1 Å². The third kappa shape index (κ3) is 3.23. The van der Waals surface area contributed by atoms with Crippen LogP contribution in [-0.4, -0.2) is 28.1 Å². The lowest BCUT2D eigenvalue weighted by atomic mass is 9.99. The summed E-state index contributed by atoms with van der Waals surface area (Å²) in [6, 6.07) is 0. The highest BCUT2D eigenvalue weighted by atomic mass is 16.5. The number of aliphatic hydroxyl groups is 1. The second kappa shape index (κ2) is 7.23. The SMILES string of the molecule is CCc1nn(CC2CCOCC2)c(CC)c1C(O)CC. The van der Waals surface area contributed by atoms with E-state index in [1.807, 2.05) is 6.92 Å². The summed E-state index contributed by atoms with van der Waals surface area (Å²) >= 11 is 0. The van der Waals surface area contributed by atoms with Gasteiger partial charge in [0.1, 0.15) is 0 Å². The highest BCUT2D eigenvalue weighted by molar-refractivity contribution is 5.29. The van der Waals surface area contributed by atoms with Crippen LogP contribution >= 0.6 is 0 Å². The van der Waals surface area contributed by atoms with Gasteiger partial charge < -0.3 is 9.84 Å². The first-order chi connectivity index (χ1) is 9.71. The minimum absolute atomic E-state index is 0.372. The van der Waals surface area contributed by atoms with Crippen LogP contribution in [0.3, 0.4) is 0 Å². The maximum absolute atomic E-state index is 10.3. The molecule has 0 aliphatic carbocycles. The van der Waals surface area contributed by atoms with Crippen molar-refractivity contribution in [3.8, 4) is 0 Å². The maximum Gasteiger partial charge on any atom is 0.0823 e. The van der Waals surface area contributed by atoms with E-state index in [1.54, 1.807) is 0 Å². The van der Waals surface area contributed by atoms with Crippen molar-refractivity contribution in [2.24, 2.45) is 5.92 Å². The smallest absolute Gasteiger partial charge is 0.0823 e. The van der Waals surface area contributed by atoms with E-state index in [2.05, 4.69) is 18.5 Å². The molecule has 20 heavy (non-hydrogen) atoms. The van der Waals surface area contributed by atoms with Crippen LogP contribution in [0.2, 0.25) is 0 Å². The van der Waals surface area contributed by atoms with Gasteiger partial charge in [-0.1, -0.05) is 20.8 Å². The number of aryl methyl sites for hydroxylation is 1. The van der Waals surface area contributed by atoms with E-state index in [9.17, 15) is 5.11 Å². The van der Waals surface area contributed by atoms with Crippen molar-refractivity contribution < 1.29 is 9.84 Å². The zero-order chi connectivity index (χ0) is 14.5. The maximum atomic E-state index is 10.3. The molecule has 1 aromatic rings. The summed E-state index contributed by atoms with van der Waals surface area (Å²) in [6.07, 6.45) is 4.45. The zero-order valence-electron chi connectivity index (χ0n) is 13.1. The lowest BCUT2D eigenvalue weighted by Crippen LogP contribution is -2.22. The number of hydrogen-bond donors (Lipinski definition) is 1. The van der Waals surface area contributed by atoms with Crippen LogP contribution in [0.15, 0.2) is 0 Å². The first kappa shape index (κ1) is 15.5. The molecule has 0 spiro atoms. The van der Waals surface area contributed by atoms with Crippen molar-refractivity contribution in [3.05, 3.63) is 17.0 Å². The lowest BCUT2D eigenvalue weighted by molar-refractivity contribution is 0.0598. The molecule has 0 saturated carbocycles. The van der Waals surface area contributed by atoms with Crippen molar-refractivity contribution >= 4 is 0 Å². The zero-order valence-corrected chi connectivity index (χ0v) is 13.1. The van der Waals surface area contributed by atoms with Gasteiger partial charge in [0.05, 0.1) is 11.8 Å². The Morgan fingerprint density at radius 3 is 2.50 bits per heavy atom. The van der Waals surface area contributed by atoms with E-state index in [-0.39, 0.29) is 6.10 Å². The summed E-state index contributed by atoms with van der Waals surface area (Å²) in [5.74, 6) is 0.658. The van der Waals surface area contributed by atoms with E-state index in [0.29, 0.717) is 5.92 Å². The number of nitrogens with zero attached hydrogens (tertiary/aromatic N) is 2. The molecule has 1 fully saturated rings. The first-order valence-electron chi connectivity index (χ1n) is 8.05. The second-order valence-electron chi connectivity index (χ2n) is 5.68. The molecule has 4 heteroatoms. The molecule has 2 rings (SSSR count). The van der Waals surface area contributed by atoms with Crippen molar-refractivity contribution in [1.29, 1.82) is 0 Å².